The number of nitrogens with one attached hydrogen (secondary N) is 2. The third kappa shape index (κ3) is 3.54. The maximum atomic E-state index is 12.2. The molecule has 0 saturated heterocycles. The first kappa shape index (κ1) is 15.8. The Kier molecular flexibility index (Phi) is 4.29. The van der Waals surface area contributed by atoms with Crippen molar-refractivity contribution in [2.24, 2.45) is 0 Å². The van der Waals surface area contributed by atoms with E-state index in [-0.39, 0.29) is 12.6 Å². The lowest BCUT2D eigenvalue weighted by Gasteiger charge is -2.09. The lowest BCUT2D eigenvalue weighted by molar-refractivity contribution is 0.251. The Balaban J connectivity index is 1.37. The minimum Gasteiger partial charge on any atom is -0.331 e. The van der Waals surface area contributed by atoms with E-state index in [9.17, 15) is 4.79 Å². The van der Waals surface area contributed by atoms with E-state index in [1.165, 1.54) is 0 Å². The molecule has 0 aliphatic heterocycles. The molecule has 3 heterocycles. The number of hydrogen-bond acceptors (Lipinski definition) is 4. The van der Waals surface area contributed by atoms with Crippen LogP contribution in [-0.4, -0.2) is 30.4 Å². The van der Waals surface area contributed by atoms with Crippen LogP contribution in [0.15, 0.2) is 67.1 Å². The summed E-state index contributed by atoms with van der Waals surface area (Å²) in [6.45, 7) is 0.930. The Morgan fingerprint density at radius 2 is 2.00 bits per heavy atom. The second-order valence-corrected chi connectivity index (χ2v) is 5.76. The molecule has 8 nitrogen and oxygen atoms in total. The normalized spacial score (nSPS) is 10.8. The van der Waals surface area contributed by atoms with Gasteiger partial charge in [0.15, 0.2) is 11.5 Å². The summed E-state index contributed by atoms with van der Waals surface area (Å²) in [5, 5.41) is 18.0. The van der Waals surface area contributed by atoms with E-state index < -0.39 is 0 Å². The van der Waals surface area contributed by atoms with Gasteiger partial charge in [0.25, 0.3) is 0 Å². The first-order valence-corrected chi connectivity index (χ1v) is 8.18. The zero-order valence-electron chi connectivity index (χ0n) is 13.9. The number of anilines is 1. The van der Waals surface area contributed by atoms with Crippen LogP contribution in [0.25, 0.3) is 5.65 Å². The molecule has 0 aliphatic carbocycles. The van der Waals surface area contributed by atoms with Gasteiger partial charge in [0.05, 0.1) is 13.1 Å². The van der Waals surface area contributed by atoms with E-state index in [0.717, 1.165) is 16.9 Å². The van der Waals surface area contributed by atoms with Crippen LogP contribution in [0.2, 0.25) is 0 Å². The molecule has 130 valence electrons. The Bertz CT molecular complexity index is 1020. The van der Waals surface area contributed by atoms with Gasteiger partial charge >= 0.3 is 6.03 Å². The number of carbonyl (C=O) groups is 1. The van der Waals surface area contributed by atoms with E-state index in [1.807, 2.05) is 70.0 Å². The monoisotopic (exact) mass is 347 g/mol. The summed E-state index contributed by atoms with van der Waals surface area (Å²) < 4.78 is 3.67. The first-order valence-electron chi connectivity index (χ1n) is 8.18. The molecular weight excluding hydrogens is 330 g/mol. The number of hydrogen-bond donors (Lipinski definition) is 2. The van der Waals surface area contributed by atoms with Crippen molar-refractivity contribution in [3.05, 3.63) is 78.5 Å². The highest BCUT2D eigenvalue weighted by molar-refractivity contribution is 5.89. The van der Waals surface area contributed by atoms with E-state index in [0.29, 0.717) is 12.4 Å². The summed E-state index contributed by atoms with van der Waals surface area (Å²) in [6, 6.07) is 14.9. The van der Waals surface area contributed by atoms with Crippen molar-refractivity contribution in [3.8, 4) is 0 Å². The predicted molar refractivity (Wildman–Crippen MR) is 96.6 cm³/mol. The van der Waals surface area contributed by atoms with Gasteiger partial charge in [-0.05, 0) is 35.9 Å². The number of benzene rings is 1. The summed E-state index contributed by atoms with van der Waals surface area (Å²) in [7, 11) is 0. The molecule has 0 radical (unpaired) electrons. The van der Waals surface area contributed by atoms with Crippen LogP contribution in [0.5, 0.6) is 0 Å². The Morgan fingerprint density at radius 3 is 2.88 bits per heavy atom. The van der Waals surface area contributed by atoms with Crippen molar-refractivity contribution in [1.82, 2.24) is 29.7 Å². The van der Waals surface area contributed by atoms with Crippen molar-refractivity contribution in [2.45, 2.75) is 13.1 Å². The molecule has 2 amide bonds. The van der Waals surface area contributed by atoms with Crippen LogP contribution >= 0.6 is 0 Å². The summed E-state index contributed by atoms with van der Waals surface area (Å²) in [5.74, 6) is 0.670. The fraction of sp³-hybridized carbons (Fsp3) is 0.111. The zero-order valence-corrected chi connectivity index (χ0v) is 13.9. The van der Waals surface area contributed by atoms with E-state index in [4.69, 9.17) is 0 Å². The van der Waals surface area contributed by atoms with Gasteiger partial charge in [0, 0.05) is 24.3 Å². The summed E-state index contributed by atoms with van der Waals surface area (Å²) in [4.78, 5) is 12.2. The van der Waals surface area contributed by atoms with Crippen molar-refractivity contribution < 1.29 is 4.79 Å². The number of nitrogens with zero attached hydrogens (tertiary/aromatic N) is 5. The van der Waals surface area contributed by atoms with Gasteiger partial charge in [0.2, 0.25) is 0 Å². The first-order chi connectivity index (χ1) is 12.8. The third-order valence-corrected chi connectivity index (χ3v) is 3.88. The molecule has 2 N–H and O–H groups in total. The second-order valence-electron chi connectivity index (χ2n) is 5.76. The molecule has 0 aliphatic rings. The molecule has 0 fully saturated rings. The molecule has 0 spiro atoms. The number of rotatable bonds is 5. The summed E-state index contributed by atoms with van der Waals surface area (Å²) in [6.07, 6.45) is 5.50. The van der Waals surface area contributed by atoms with Crippen molar-refractivity contribution in [2.75, 3.05) is 5.32 Å². The average Bonchev–Trinajstić information content (AvgIpc) is 3.30. The summed E-state index contributed by atoms with van der Waals surface area (Å²) >= 11 is 0. The van der Waals surface area contributed by atoms with Gasteiger partial charge in [-0.25, -0.2) is 4.79 Å². The minimum absolute atomic E-state index is 0.282. The number of pyridine rings is 1. The van der Waals surface area contributed by atoms with Gasteiger partial charge in [0.1, 0.15) is 0 Å². The number of carbonyl (C=O) groups excluding carboxylic acids is 1. The van der Waals surface area contributed by atoms with Gasteiger partial charge in [-0.1, -0.05) is 18.2 Å². The van der Waals surface area contributed by atoms with Crippen LogP contribution < -0.4 is 10.6 Å². The van der Waals surface area contributed by atoms with Crippen LogP contribution in [-0.2, 0) is 13.1 Å². The average molecular weight is 347 g/mol. The number of aromatic nitrogens is 5. The highest BCUT2D eigenvalue weighted by atomic mass is 16.2. The molecule has 0 unspecified atom stereocenters. The van der Waals surface area contributed by atoms with Gasteiger partial charge in [-0.3, -0.25) is 9.08 Å². The summed E-state index contributed by atoms with van der Waals surface area (Å²) in [5.41, 5.74) is 2.52. The Morgan fingerprint density at radius 1 is 1.04 bits per heavy atom. The molecule has 0 bridgehead atoms. The van der Waals surface area contributed by atoms with E-state index >= 15 is 0 Å². The lowest BCUT2D eigenvalue weighted by atomic mass is 10.2. The number of urea groups is 1. The molecule has 8 heteroatoms. The van der Waals surface area contributed by atoms with Crippen LogP contribution in [0.1, 0.15) is 11.4 Å². The van der Waals surface area contributed by atoms with Crippen molar-refractivity contribution in [1.29, 1.82) is 0 Å². The zero-order chi connectivity index (χ0) is 17.8. The lowest BCUT2D eigenvalue weighted by Crippen LogP contribution is -2.29. The maximum Gasteiger partial charge on any atom is 0.319 e. The van der Waals surface area contributed by atoms with Gasteiger partial charge < -0.3 is 10.6 Å². The molecule has 1 aromatic carbocycles. The van der Waals surface area contributed by atoms with Crippen molar-refractivity contribution >= 4 is 17.4 Å². The highest BCUT2D eigenvalue weighted by Gasteiger charge is 2.07. The topological polar surface area (TPSA) is 89.1 Å². The Hall–Kier alpha value is -3.68. The van der Waals surface area contributed by atoms with Crippen LogP contribution in [0.4, 0.5) is 10.5 Å². The predicted octanol–water partition coefficient (Wildman–Crippen LogP) is 2.30. The quantitative estimate of drug-likeness (QED) is 0.580. The maximum absolute atomic E-state index is 12.2. The van der Waals surface area contributed by atoms with Crippen LogP contribution in [0, 0.1) is 0 Å². The van der Waals surface area contributed by atoms with Crippen LogP contribution in [0.3, 0.4) is 0 Å². The van der Waals surface area contributed by atoms with Gasteiger partial charge in [-0.2, -0.15) is 5.10 Å². The smallest absolute Gasteiger partial charge is 0.319 e. The highest BCUT2D eigenvalue weighted by Crippen LogP contribution is 2.12. The van der Waals surface area contributed by atoms with Crippen molar-refractivity contribution in [3.63, 3.8) is 0 Å². The second kappa shape index (κ2) is 7.06. The fourth-order valence-corrected chi connectivity index (χ4v) is 2.67. The molecule has 4 rings (SSSR count). The number of fused-ring (bicyclic) bond motifs is 1. The molecule has 0 atom stereocenters. The Labute approximate surface area is 149 Å². The molecular formula is C18H17N7O. The fourth-order valence-electron chi connectivity index (χ4n) is 2.67. The van der Waals surface area contributed by atoms with E-state index in [1.54, 1.807) is 6.20 Å². The molecule has 3 aromatic heterocycles. The number of amides is 2. The standard InChI is InChI=1S/C18H17N7O/c26-18(19-12-17-23-22-16-7-1-2-10-25(16)17)21-15-6-3-5-14(11-15)13-24-9-4-8-20-24/h1-11H,12-13H2,(H2,19,21,26). The minimum atomic E-state index is -0.297. The third-order valence-electron chi connectivity index (χ3n) is 3.88. The molecule has 4 aromatic rings. The van der Waals surface area contributed by atoms with E-state index in [2.05, 4.69) is 25.9 Å². The largest absolute Gasteiger partial charge is 0.331 e. The van der Waals surface area contributed by atoms with Gasteiger partial charge in [-0.15, -0.1) is 10.2 Å². The molecule has 26 heavy (non-hydrogen) atoms. The SMILES string of the molecule is O=C(NCc1nnc2ccccn12)Nc1cccc(Cn2cccn2)c1. The molecule has 0 saturated carbocycles.